The molecule has 3 aliphatic carbocycles. The Morgan fingerprint density at radius 2 is 0.537 bits per heavy atom. The van der Waals surface area contributed by atoms with Crippen molar-refractivity contribution in [1.29, 1.82) is 0 Å². The Morgan fingerprint density at radius 1 is 0.237 bits per heavy atom. The lowest BCUT2D eigenvalue weighted by Gasteiger charge is -2.31. The van der Waals surface area contributed by atoms with Gasteiger partial charge in [-0.15, -0.1) is 0 Å². The average Bonchev–Trinajstić information content (AvgIpc) is 4.14. The summed E-state index contributed by atoms with van der Waals surface area (Å²) in [6, 6.07) is 90.0. The van der Waals surface area contributed by atoms with E-state index in [2.05, 4.69) is 297 Å². The summed E-state index contributed by atoms with van der Waals surface area (Å²) in [5, 5.41) is 5.01. The first-order valence-electron chi connectivity index (χ1n) is 28.6. The molecule has 0 aromatic heterocycles. The lowest BCUT2D eigenvalue weighted by Crippen LogP contribution is -2.19. The molecular formula is C79H63N. The molecule has 0 aliphatic heterocycles. The molecule has 0 fully saturated rings. The van der Waals surface area contributed by atoms with Gasteiger partial charge in [0.05, 0.1) is 0 Å². The van der Waals surface area contributed by atoms with Gasteiger partial charge in [-0.2, -0.15) is 0 Å². The fraction of sp³-hybridized carbons (Fsp3) is 0.139. The van der Waals surface area contributed by atoms with Crippen LogP contribution in [0.1, 0.15) is 86.1 Å². The van der Waals surface area contributed by atoms with E-state index in [4.69, 9.17) is 0 Å². The number of aryl methyl sites for hydroxylation is 2. The maximum Gasteiger partial charge on any atom is 0.0465 e. The van der Waals surface area contributed by atoms with Crippen LogP contribution in [0.15, 0.2) is 237 Å². The van der Waals surface area contributed by atoms with E-state index in [-0.39, 0.29) is 16.2 Å². The van der Waals surface area contributed by atoms with Gasteiger partial charge in [-0.05, 0) is 207 Å². The van der Waals surface area contributed by atoms with Gasteiger partial charge in [-0.1, -0.05) is 229 Å². The number of anilines is 3. The van der Waals surface area contributed by atoms with Crippen molar-refractivity contribution in [3.8, 4) is 77.9 Å². The van der Waals surface area contributed by atoms with Crippen LogP contribution in [0.5, 0.6) is 0 Å². The van der Waals surface area contributed by atoms with Gasteiger partial charge < -0.3 is 4.90 Å². The second-order valence-corrected chi connectivity index (χ2v) is 24.6. The van der Waals surface area contributed by atoms with Crippen LogP contribution in [0.2, 0.25) is 0 Å². The molecule has 0 N–H and O–H groups in total. The van der Waals surface area contributed by atoms with Crippen molar-refractivity contribution in [2.75, 3.05) is 4.90 Å². The molecule has 12 aromatic rings. The zero-order valence-electron chi connectivity index (χ0n) is 47.0. The quantitative estimate of drug-likeness (QED) is 0.144. The maximum atomic E-state index is 2.54. The van der Waals surface area contributed by atoms with Gasteiger partial charge in [-0.3, -0.25) is 0 Å². The van der Waals surface area contributed by atoms with E-state index in [0.717, 1.165) is 5.69 Å². The van der Waals surface area contributed by atoms with Crippen LogP contribution in [0, 0.1) is 13.8 Å². The minimum absolute atomic E-state index is 0.145. The molecule has 1 nitrogen and oxygen atoms in total. The molecule has 0 saturated heterocycles. The molecule has 0 heterocycles. The molecule has 0 bridgehead atoms. The van der Waals surface area contributed by atoms with Gasteiger partial charge in [0.15, 0.2) is 0 Å². The highest BCUT2D eigenvalue weighted by Gasteiger charge is 2.40. The fourth-order valence-corrected chi connectivity index (χ4v) is 14.5. The van der Waals surface area contributed by atoms with E-state index >= 15 is 0 Å². The summed E-state index contributed by atoms with van der Waals surface area (Å²) in [6.07, 6.45) is 0. The molecule has 384 valence electrons. The molecule has 3 aliphatic rings. The fourth-order valence-electron chi connectivity index (χ4n) is 14.5. The smallest absolute Gasteiger partial charge is 0.0465 e. The Kier molecular flexibility index (Phi) is 10.5. The molecular weight excluding hydrogens is 963 g/mol. The van der Waals surface area contributed by atoms with Crippen LogP contribution in [-0.4, -0.2) is 0 Å². The third kappa shape index (κ3) is 7.16. The third-order valence-electron chi connectivity index (χ3n) is 18.7. The summed E-state index contributed by atoms with van der Waals surface area (Å²) in [7, 11) is 0. The lowest BCUT2D eigenvalue weighted by atomic mass is 9.80. The second kappa shape index (κ2) is 17.5. The standard InChI is InChI=1S/C79H63N/c1-48-27-33-59-62-36-30-56(45-72(62)77(3,4)69(59)39-48)80(57-31-37-63-60-34-28-49(2)40-70(60)78(5,6)73(63)46-57)58-32-38-64-61-35-29-52(44-71(61)79(7,8)74(64)47-58)75-65-23-15-17-25-67(65)76(68-26-18-16-24-66(68)75)55-42-53(50-19-11-9-12-20-50)41-54(43-55)51-21-13-10-14-22-51/h9-47H,1-8H3. The second-order valence-electron chi connectivity index (χ2n) is 24.6. The van der Waals surface area contributed by atoms with Crippen molar-refractivity contribution in [2.45, 2.75) is 71.6 Å². The Hall–Kier alpha value is -9.04. The average molecular weight is 1030 g/mol. The number of nitrogens with zero attached hydrogens (tertiary/aromatic N) is 1. The number of rotatable bonds is 7. The topological polar surface area (TPSA) is 3.24 Å². The van der Waals surface area contributed by atoms with E-state index in [1.807, 2.05) is 0 Å². The van der Waals surface area contributed by atoms with E-state index < -0.39 is 0 Å². The van der Waals surface area contributed by atoms with Crippen molar-refractivity contribution in [1.82, 2.24) is 0 Å². The monoisotopic (exact) mass is 1030 g/mol. The van der Waals surface area contributed by atoms with Crippen LogP contribution in [0.25, 0.3) is 99.4 Å². The molecule has 0 radical (unpaired) electrons. The minimum Gasteiger partial charge on any atom is -0.310 e. The van der Waals surface area contributed by atoms with Crippen LogP contribution in [0.4, 0.5) is 17.1 Å². The Labute approximate surface area is 471 Å². The van der Waals surface area contributed by atoms with Gasteiger partial charge in [0.25, 0.3) is 0 Å². The van der Waals surface area contributed by atoms with Crippen molar-refractivity contribution in [3.05, 3.63) is 281 Å². The van der Waals surface area contributed by atoms with Crippen LogP contribution in [-0.2, 0) is 16.2 Å². The molecule has 0 saturated carbocycles. The molecule has 0 atom stereocenters. The van der Waals surface area contributed by atoms with Crippen molar-refractivity contribution in [3.63, 3.8) is 0 Å². The van der Waals surface area contributed by atoms with Crippen LogP contribution >= 0.6 is 0 Å². The highest BCUT2D eigenvalue weighted by atomic mass is 15.1. The summed E-state index contributed by atoms with van der Waals surface area (Å²) in [4.78, 5) is 2.54. The van der Waals surface area contributed by atoms with Gasteiger partial charge in [0.1, 0.15) is 0 Å². The summed E-state index contributed by atoms with van der Waals surface area (Å²) in [5.41, 5.74) is 31.6. The number of hydrogen-bond donors (Lipinski definition) is 0. The summed E-state index contributed by atoms with van der Waals surface area (Å²) < 4.78 is 0. The Morgan fingerprint density at radius 3 is 0.925 bits per heavy atom. The third-order valence-corrected chi connectivity index (χ3v) is 18.7. The summed E-state index contributed by atoms with van der Waals surface area (Å²) in [6.45, 7) is 18.9. The normalized spacial score (nSPS) is 14.6. The van der Waals surface area contributed by atoms with Gasteiger partial charge >= 0.3 is 0 Å². The first-order valence-corrected chi connectivity index (χ1v) is 28.6. The maximum absolute atomic E-state index is 2.54. The highest BCUT2D eigenvalue weighted by Crippen LogP contribution is 2.56. The predicted molar refractivity (Wildman–Crippen MR) is 340 cm³/mol. The first-order chi connectivity index (χ1) is 38.7. The molecule has 1 heteroatoms. The Bertz CT molecular complexity index is 4340. The van der Waals surface area contributed by atoms with E-state index in [9.17, 15) is 0 Å². The molecule has 80 heavy (non-hydrogen) atoms. The molecule has 0 amide bonds. The minimum atomic E-state index is -0.293. The predicted octanol–water partition coefficient (Wildman–Crippen LogP) is 21.7. The molecule has 0 unspecified atom stereocenters. The number of benzene rings is 12. The van der Waals surface area contributed by atoms with E-state index in [1.54, 1.807) is 0 Å². The largest absolute Gasteiger partial charge is 0.310 e. The van der Waals surface area contributed by atoms with E-state index in [0.29, 0.717) is 0 Å². The van der Waals surface area contributed by atoms with Crippen LogP contribution < -0.4 is 4.90 Å². The Balaban J connectivity index is 0.873. The summed E-state index contributed by atoms with van der Waals surface area (Å²) >= 11 is 0. The number of fused-ring (bicyclic) bond motifs is 11. The first kappa shape index (κ1) is 48.1. The SMILES string of the molecule is Cc1ccc2c(c1)C(C)(C)c1cc(N(c3ccc4c(c3)C(C)(C)c3cc(C)ccc3-4)c3ccc4c(c3)C(C)(C)c3cc(-c5c6ccccc6c(-c6cc(-c7ccccc7)cc(-c7ccccc7)c6)c6ccccc56)ccc3-4)ccc1-2. The number of hydrogen-bond acceptors (Lipinski definition) is 1. The lowest BCUT2D eigenvalue weighted by molar-refractivity contribution is 0.659. The van der Waals surface area contributed by atoms with Crippen molar-refractivity contribution >= 4 is 38.6 Å². The molecule has 15 rings (SSSR count). The van der Waals surface area contributed by atoms with Crippen molar-refractivity contribution in [2.24, 2.45) is 0 Å². The zero-order valence-corrected chi connectivity index (χ0v) is 47.0. The highest BCUT2D eigenvalue weighted by molar-refractivity contribution is 6.22. The molecule has 12 aromatic carbocycles. The van der Waals surface area contributed by atoms with E-state index in [1.165, 1.54) is 155 Å². The summed E-state index contributed by atoms with van der Waals surface area (Å²) in [5.74, 6) is 0. The zero-order chi connectivity index (χ0) is 54.4. The van der Waals surface area contributed by atoms with Crippen LogP contribution in [0.3, 0.4) is 0 Å². The van der Waals surface area contributed by atoms with Gasteiger partial charge in [-0.25, -0.2) is 0 Å². The van der Waals surface area contributed by atoms with Crippen molar-refractivity contribution < 1.29 is 0 Å². The van der Waals surface area contributed by atoms with Gasteiger partial charge in [0, 0.05) is 33.3 Å². The van der Waals surface area contributed by atoms with Gasteiger partial charge in [0.2, 0.25) is 0 Å². The molecule has 0 spiro atoms.